The van der Waals surface area contributed by atoms with Crippen molar-refractivity contribution >= 4 is 5.82 Å². The van der Waals surface area contributed by atoms with Gasteiger partial charge < -0.3 is 4.90 Å². The second-order valence-corrected chi connectivity index (χ2v) is 5.65. The molecule has 0 radical (unpaired) electrons. The van der Waals surface area contributed by atoms with E-state index in [9.17, 15) is 0 Å². The summed E-state index contributed by atoms with van der Waals surface area (Å²) >= 11 is 0. The first kappa shape index (κ1) is 13.7. The maximum absolute atomic E-state index is 2.29. The minimum atomic E-state index is 0.336. The smallest absolute Gasteiger partial charge is 0.283 e. The van der Waals surface area contributed by atoms with Gasteiger partial charge in [-0.05, 0) is 31.5 Å². The molecule has 0 bridgehead atoms. The molecule has 0 amide bonds. The van der Waals surface area contributed by atoms with Crippen LogP contribution in [0.15, 0.2) is 54.9 Å². The normalized spacial score (nSPS) is 17.6. The average molecular weight is 280 g/mol. The predicted octanol–water partition coefficient (Wildman–Crippen LogP) is 3.06. The molecule has 0 saturated carbocycles. The van der Waals surface area contributed by atoms with Crippen LogP contribution in [0, 0.1) is 6.92 Å². The minimum absolute atomic E-state index is 0.336. The summed E-state index contributed by atoms with van der Waals surface area (Å²) in [4.78, 5) is 4.50. The molecule has 1 aliphatic heterocycles. The number of aromatic nitrogens is 1. The molecule has 3 heteroatoms. The third-order valence-corrected chi connectivity index (χ3v) is 4.34. The molecule has 2 aromatic rings. The van der Waals surface area contributed by atoms with E-state index >= 15 is 0 Å². The number of anilines is 1. The number of pyridine rings is 1. The van der Waals surface area contributed by atoms with Crippen LogP contribution in [0.5, 0.6) is 0 Å². The van der Waals surface area contributed by atoms with Crippen molar-refractivity contribution in [2.45, 2.75) is 20.0 Å². The lowest BCUT2D eigenvalue weighted by atomic mass is 10.0. The summed E-state index contributed by atoms with van der Waals surface area (Å²) in [6.07, 6.45) is 4.59. The first-order valence-electron chi connectivity index (χ1n) is 7.33. The maximum Gasteiger partial charge on any atom is 0.283 e. The topological polar surface area (TPSA) is 10.4 Å². The summed E-state index contributed by atoms with van der Waals surface area (Å²) in [7, 11) is 4.24. The van der Waals surface area contributed by atoms with Crippen molar-refractivity contribution in [3.63, 3.8) is 0 Å². The van der Waals surface area contributed by atoms with Crippen molar-refractivity contribution < 1.29 is 4.57 Å². The molecule has 1 aliphatic rings. The second-order valence-electron chi connectivity index (χ2n) is 5.65. The molecule has 0 spiro atoms. The number of aryl methyl sites for hydroxylation is 1. The third-order valence-electron chi connectivity index (χ3n) is 4.34. The summed E-state index contributed by atoms with van der Waals surface area (Å²) in [5.74, 6) is 1.20. The zero-order chi connectivity index (χ0) is 15.0. The molecular formula is C18H22N3+. The molecular weight excluding hydrogens is 258 g/mol. The van der Waals surface area contributed by atoms with E-state index in [2.05, 4.69) is 97.2 Å². The minimum Gasteiger partial charge on any atom is -0.339 e. The van der Waals surface area contributed by atoms with Crippen molar-refractivity contribution in [2.75, 3.05) is 11.9 Å². The molecule has 21 heavy (non-hydrogen) atoms. The SMILES string of the molecule is Cc1ccccc1-c1cccc(N2C=CN(C)[C@H]2C)[n+]1C. The monoisotopic (exact) mass is 280 g/mol. The van der Waals surface area contributed by atoms with E-state index in [0.29, 0.717) is 6.17 Å². The van der Waals surface area contributed by atoms with Gasteiger partial charge in [0, 0.05) is 24.9 Å². The van der Waals surface area contributed by atoms with E-state index in [4.69, 9.17) is 0 Å². The lowest BCUT2D eigenvalue weighted by Gasteiger charge is -2.22. The van der Waals surface area contributed by atoms with Gasteiger partial charge in [-0.3, -0.25) is 0 Å². The van der Waals surface area contributed by atoms with Gasteiger partial charge in [0.1, 0.15) is 11.9 Å². The van der Waals surface area contributed by atoms with Crippen LogP contribution >= 0.6 is 0 Å². The number of rotatable bonds is 2. The molecule has 0 saturated heterocycles. The van der Waals surface area contributed by atoms with Gasteiger partial charge in [-0.15, -0.1) is 0 Å². The number of hydrogen-bond donors (Lipinski definition) is 0. The van der Waals surface area contributed by atoms with Crippen LogP contribution in [-0.2, 0) is 7.05 Å². The summed E-state index contributed by atoms with van der Waals surface area (Å²) < 4.78 is 2.27. The Bertz CT molecular complexity index is 691. The van der Waals surface area contributed by atoms with Crippen molar-refractivity contribution in [1.29, 1.82) is 0 Å². The Morgan fingerprint density at radius 2 is 1.76 bits per heavy atom. The number of benzene rings is 1. The van der Waals surface area contributed by atoms with Gasteiger partial charge in [0.15, 0.2) is 6.17 Å². The largest absolute Gasteiger partial charge is 0.339 e. The Morgan fingerprint density at radius 3 is 2.43 bits per heavy atom. The van der Waals surface area contributed by atoms with Crippen LogP contribution in [0.1, 0.15) is 12.5 Å². The highest BCUT2D eigenvalue weighted by Crippen LogP contribution is 2.24. The third kappa shape index (κ3) is 2.29. The summed E-state index contributed by atoms with van der Waals surface area (Å²) in [6, 6.07) is 15.0. The second kappa shape index (κ2) is 5.24. The Balaban J connectivity index is 2.08. The molecule has 3 nitrogen and oxygen atoms in total. The van der Waals surface area contributed by atoms with Crippen LogP contribution in [0.25, 0.3) is 11.3 Å². The van der Waals surface area contributed by atoms with Crippen LogP contribution in [0.4, 0.5) is 5.82 Å². The van der Waals surface area contributed by atoms with Gasteiger partial charge in [0.2, 0.25) is 0 Å². The fourth-order valence-electron chi connectivity index (χ4n) is 2.85. The number of hydrogen-bond acceptors (Lipinski definition) is 2. The molecule has 0 N–H and O–H groups in total. The lowest BCUT2D eigenvalue weighted by Crippen LogP contribution is -2.43. The highest BCUT2D eigenvalue weighted by molar-refractivity contribution is 5.61. The summed E-state index contributed by atoms with van der Waals surface area (Å²) in [6.45, 7) is 4.37. The van der Waals surface area contributed by atoms with Gasteiger partial charge in [-0.2, -0.15) is 0 Å². The number of nitrogens with zero attached hydrogens (tertiary/aromatic N) is 3. The quantitative estimate of drug-likeness (QED) is 0.783. The summed E-state index contributed by atoms with van der Waals surface area (Å²) in [5.41, 5.74) is 3.82. The molecule has 2 heterocycles. The molecule has 1 aromatic carbocycles. The molecule has 0 aliphatic carbocycles. The fraction of sp³-hybridized carbons (Fsp3) is 0.278. The van der Waals surface area contributed by atoms with Crippen molar-refractivity contribution in [3.05, 3.63) is 60.4 Å². The Labute approximate surface area is 126 Å². The van der Waals surface area contributed by atoms with E-state index in [1.807, 2.05) is 0 Å². The zero-order valence-corrected chi connectivity index (χ0v) is 13.1. The van der Waals surface area contributed by atoms with Crippen LogP contribution in [0.3, 0.4) is 0 Å². The van der Waals surface area contributed by atoms with Gasteiger partial charge in [0.05, 0.1) is 7.05 Å². The fourth-order valence-corrected chi connectivity index (χ4v) is 2.85. The summed E-state index contributed by atoms with van der Waals surface area (Å²) in [5, 5.41) is 0. The van der Waals surface area contributed by atoms with Gasteiger partial charge in [-0.1, -0.05) is 24.3 Å². The Morgan fingerprint density at radius 1 is 1.00 bits per heavy atom. The van der Waals surface area contributed by atoms with Gasteiger partial charge in [0.25, 0.3) is 5.82 Å². The standard InChI is InChI=1S/C18H22N3/c1-14-8-5-6-9-16(14)17-10-7-11-18(20(17)4)21-13-12-19(3)15(21)2/h5-13,15H,1-4H3/q+1/t15-/m1/s1. The van der Waals surface area contributed by atoms with E-state index in [0.717, 1.165) is 0 Å². The predicted molar refractivity (Wildman–Crippen MR) is 86.6 cm³/mol. The highest BCUT2D eigenvalue weighted by Gasteiger charge is 2.29. The highest BCUT2D eigenvalue weighted by atomic mass is 15.4. The Hall–Kier alpha value is -2.29. The molecule has 1 aromatic heterocycles. The van der Waals surface area contributed by atoms with Crippen molar-refractivity contribution in [3.8, 4) is 11.3 Å². The van der Waals surface area contributed by atoms with Crippen molar-refractivity contribution in [1.82, 2.24) is 4.90 Å². The molecule has 3 rings (SSSR count). The van der Waals surface area contributed by atoms with Gasteiger partial charge >= 0.3 is 0 Å². The van der Waals surface area contributed by atoms with E-state index < -0.39 is 0 Å². The van der Waals surface area contributed by atoms with Crippen molar-refractivity contribution in [2.24, 2.45) is 7.05 Å². The average Bonchev–Trinajstić information content (AvgIpc) is 2.80. The molecule has 108 valence electrons. The van der Waals surface area contributed by atoms with Gasteiger partial charge in [-0.25, -0.2) is 9.47 Å². The van der Waals surface area contributed by atoms with Crippen LogP contribution < -0.4 is 9.47 Å². The zero-order valence-electron chi connectivity index (χ0n) is 13.1. The van der Waals surface area contributed by atoms with Crippen LogP contribution in [0.2, 0.25) is 0 Å². The van der Waals surface area contributed by atoms with Crippen LogP contribution in [-0.4, -0.2) is 18.1 Å². The Kier molecular flexibility index (Phi) is 3.42. The maximum atomic E-state index is 2.29. The van der Waals surface area contributed by atoms with E-state index in [1.165, 1.54) is 22.6 Å². The molecule has 1 atom stereocenters. The molecule has 0 unspecified atom stereocenters. The van der Waals surface area contributed by atoms with E-state index in [-0.39, 0.29) is 0 Å². The molecule has 0 fully saturated rings. The van der Waals surface area contributed by atoms with E-state index in [1.54, 1.807) is 0 Å². The first-order valence-corrected chi connectivity index (χ1v) is 7.33. The lowest BCUT2D eigenvalue weighted by molar-refractivity contribution is -0.647. The first-order chi connectivity index (χ1) is 10.1.